The second kappa shape index (κ2) is 11.7. The number of anilines is 2. The first-order valence-electron chi connectivity index (χ1n) is 13.7. The summed E-state index contributed by atoms with van der Waals surface area (Å²) in [5.74, 6) is -2.02. The third kappa shape index (κ3) is 5.68. The molecule has 4 amide bonds. The van der Waals surface area contributed by atoms with Gasteiger partial charge in [0.2, 0.25) is 17.8 Å². The van der Waals surface area contributed by atoms with Gasteiger partial charge in [0.15, 0.2) is 0 Å². The van der Waals surface area contributed by atoms with E-state index in [9.17, 15) is 24.4 Å². The molecular weight excluding hydrogens is 593 g/mol. The molecule has 3 heterocycles. The maximum atomic E-state index is 14.2. The molecule has 43 heavy (non-hydrogen) atoms. The monoisotopic (exact) mass is 621 g/mol. The van der Waals surface area contributed by atoms with Gasteiger partial charge in [-0.3, -0.25) is 23.7 Å². The fourth-order valence-electron chi connectivity index (χ4n) is 5.74. The number of carbonyl (C=O) groups is 4. The summed E-state index contributed by atoms with van der Waals surface area (Å²) >= 11 is 12.5. The van der Waals surface area contributed by atoms with Gasteiger partial charge in [-0.05, 0) is 62.6 Å². The van der Waals surface area contributed by atoms with E-state index in [0.29, 0.717) is 40.7 Å². The Balaban J connectivity index is 1.49. The van der Waals surface area contributed by atoms with E-state index in [1.54, 1.807) is 60.9 Å². The molecule has 0 spiro atoms. The van der Waals surface area contributed by atoms with Crippen molar-refractivity contribution < 1.29 is 19.2 Å². The summed E-state index contributed by atoms with van der Waals surface area (Å²) in [5, 5.41) is 12.6. The van der Waals surface area contributed by atoms with Crippen LogP contribution >= 0.6 is 23.2 Å². The van der Waals surface area contributed by atoms with Gasteiger partial charge >= 0.3 is 0 Å². The predicted molar refractivity (Wildman–Crippen MR) is 160 cm³/mol. The standard InChI is InChI=1S/C30H29Cl2N7O4/c1-17(27(42)37-9-3-4-20(16-37)25(34)40)36-26(41)24-15-35-29-38(23-11-21(31)10-22(32)12-23)28(43)30(2,39(24)29)13-18-5-7-19(14-33)8-6-18/h5-8,10-12,15,17,20H,3-4,9,13,16H2,1-2H3,(H2,34,40)(H,36,41)/t17?,20-,30-/m1/s1. The average molecular weight is 623 g/mol. The molecule has 3 aromatic rings. The first kappa shape index (κ1) is 30.1. The number of fused-ring (bicyclic) bond motifs is 1. The molecule has 0 aliphatic carbocycles. The number of carbonyl (C=O) groups excluding carboxylic acids is 4. The maximum absolute atomic E-state index is 14.2. The Morgan fingerprint density at radius 2 is 1.86 bits per heavy atom. The third-order valence-corrected chi connectivity index (χ3v) is 8.36. The van der Waals surface area contributed by atoms with E-state index in [1.807, 2.05) is 0 Å². The van der Waals surface area contributed by atoms with Crippen LogP contribution in [0.15, 0.2) is 48.7 Å². The lowest BCUT2D eigenvalue weighted by molar-refractivity contribution is -0.136. The number of piperidine rings is 1. The molecule has 0 saturated carbocycles. The number of benzene rings is 2. The fraction of sp³-hybridized carbons (Fsp3) is 0.333. The summed E-state index contributed by atoms with van der Waals surface area (Å²) < 4.78 is 1.55. The molecule has 2 aliphatic heterocycles. The highest BCUT2D eigenvalue weighted by Crippen LogP contribution is 2.43. The van der Waals surface area contributed by atoms with Crippen LogP contribution in [0.25, 0.3) is 0 Å². The van der Waals surface area contributed by atoms with Gasteiger partial charge in [-0.25, -0.2) is 9.88 Å². The molecule has 13 heteroatoms. The van der Waals surface area contributed by atoms with Gasteiger partial charge in [0.05, 0.1) is 29.4 Å². The van der Waals surface area contributed by atoms with Gasteiger partial charge < -0.3 is 16.0 Å². The van der Waals surface area contributed by atoms with Crippen molar-refractivity contribution in [2.24, 2.45) is 11.7 Å². The van der Waals surface area contributed by atoms with E-state index in [1.165, 1.54) is 16.0 Å². The zero-order chi connectivity index (χ0) is 31.1. The number of nitrogens with two attached hydrogens (primary N) is 1. The van der Waals surface area contributed by atoms with Gasteiger partial charge in [0, 0.05) is 29.6 Å². The lowest BCUT2D eigenvalue weighted by atomic mass is 9.91. The molecule has 3 N–H and O–H groups in total. The second-order valence-corrected chi connectivity index (χ2v) is 11.9. The zero-order valence-electron chi connectivity index (χ0n) is 23.5. The zero-order valence-corrected chi connectivity index (χ0v) is 25.0. The molecule has 2 aromatic carbocycles. The smallest absolute Gasteiger partial charge is 0.270 e. The normalized spacial score (nSPS) is 20.3. The van der Waals surface area contributed by atoms with Crippen LogP contribution in [0.4, 0.5) is 11.6 Å². The number of hydrogen-bond acceptors (Lipinski definition) is 6. The minimum absolute atomic E-state index is 0.0726. The summed E-state index contributed by atoms with van der Waals surface area (Å²) in [6.07, 6.45) is 2.77. The number of nitrogens with zero attached hydrogens (tertiary/aromatic N) is 5. The van der Waals surface area contributed by atoms with Crippen molar-refractivity contribution in [3.05, 3.63) is 75.5 Å². The molecule has 1 saturated heterocycles. The topological polar surface area (TPSA) is 154 Å². The Morgan fingerprint density at radius 1 is 1.19 bits per heavy atom. The lowest BCUT2D eigenvalue weighted by Crippen LogP contribution is -2.52. The molecular formula is C30H29Cl2N7O4. The number of nitriles is 1. The average Bonchev–Trinajstić information content (AvgIpc) is 3.50. The molecule has 1 unspecified atom stereocenters. The molecule has 3 atom stereocenters. The lowest BCUT2D eigenvalue weighted by Gasteiger charge is -2.33. The van der Waals surface area contributed by atoms with Crippen LogP contribution in [0.5, 0.6) is 0 Å². The van der Waals surface area contributed by atoms with Crippen molar-refractivity contribution >= 4 is 58.5 Å². The summed E-state index contributed by atoms with van der Waals surface area (Å²) in [6, 6.07) is 12.7. The number of imidazole rings is 1. The van der Waals surface area contributed by atoms with E-state index in [4.69, 9.17) is 28.9 Å². The third-order valence-electron chi connectivity index (χ3n) is 7.92. The quantitative estimate of drug-likeness (QED) is 0.411. The van der Waals surface area contributed by atoms with Crippen LogP contribution in [-0.2, 0) is 26.3 Å². The van der Waals surface area contributed by atoms with Crippen LogP contribution in [0.3, 0.4) is 0 Å². The number of aromatic nitrogens is 2. The summed E-state index contributed by atoms with van der Waals surface area (Å²) in [5.41, 5.74) is 5.81. The second-order valence-electron chi connectivity index (χ2n) is 11.0. The summed E-state index contributed by atoms with van der Waals surface area (Å²) in [7, 11) is 0. The summed E-state index contributed by atoms with van der Waals surface area (Å²) in [4.78, 5) is 60.1. The number of halogens is 2. The van der Waals surface area contributed by atoms with E-state index < -0.39 is 29.3 Å². The first-order chi connectivity index (χ1) is 20.4. The van der Waals surface area contributed by atoms with Crippen LogP contribution in [0, 0.1) is 17.2 Å². The van der Waals surface area contributed by atoms with Gasteiger partial charge in [-0.1, -0.05) is 35.3 Å². The Hall–Kier alpha value is -4.40. The molecule has 222 valence electrons. The number of likely N-dealkylation sites (tertiary alicyclic amines) is 1. The van der Waals surface area contributed by atoms with E-state index >= 15 is 0 Å². The van der Waals surface area contributed by atoms with Gasteiger partial charge in [-0.2, -0.15) is 5.26 Å². The number of primary amides is 1. The molecule has 11 nitrogen and oxygen atoms in total. The summed E-state index contributed by atoms with van der Waals surface area (Å²) in [6.45, 7) is 3.93. The Kier molecular flexibility index (Phi) is 8.18. The predicted octanol–water partition coefficient (Wildman–Crippen LogP) is 3.54. The van der Waals surface area contributed by atoms with E-state index in [2.05, 4.69) is 16.4 Å². The first-order valence-corrected chi connectivity index (χ1v) is 14.5. The number of amides is 4. The minimum atomic E-state index is -1.32. The van der Waals surface area contributed by atoms with Crippen molar-refractivity contribution in [1.29, 1.82) is 5.26 Å². The van der Waals surface area contributed by atoms with Crippen LogP contribution < -0.4 is 16.0 Å². The van der Waals surface area contributed by atoms with Gasteiger partial charge in [0.1, 0.15) is 17.3 Å². The number of hydrogen-bond donors (Lipinski definition) is 2. The molecule has 0 radical (unpaired) electrons. The Morgan fingerprint density at radius 3 is 2.49 bits per heavy atom. The van der Waals surface area contributed by atoms with Gasteiger partial charge in [-0.15, -0.1) is 0 Å². The highest BCUT2D eigenvalue weighted by atomic mass is 35.5. The van der Waals surface area contributed by atoms with Crippen LogP contribution in [-0.4, -0.2) is 57.2 Å². The number of rotatable bonds is 7. The van der Waals surface area contributed by atoms with Crippen molar-refractivity contribution in [1.82, 2.24) is 19.8 Å². The Bertz CT molecular complexity index is 1650. The van der Waals surface area contributed by atoms with E-state index in [-0.39, 0.29) is 36.4 Å². The molecule has 5 rings (SSSR count). The van der Waals surface area contributed by atoms with Crippen molar-refractivity contribution in [3.63, 3.8) is 0 Å². The van der Waals surface area contributed by atoms with Crippen LogP contribution in [0.1, 0.15) is 48.3 Å². The van der Waals surface area contributed by atoms with E-state index in [0.717, 1.165) is 5.56 Å². The number of nitrogens with one attached hydrogen (secondary N) is 1. The molecule has 1 aromatic heterocycles. The molecule has 0 bridgehead atoms. The van der Waals surface area contributed by atoms with Crippen molar-refractivity contribution in [2.45, 2.75) is 44.7 Å². The highest BCUT2D eigenvalue weighted by Gasteiger charge is 2.51. The SMILES string of the molecule is CC(NC(=O)c1cnc2n1[C@](C)(Cc1ccc(C#N)cc1)C(=O)N2c1cc(Cl)cc(Cl)c1)C(=O)N1CCC[C@@H](C(N)=O)C1. The van der Waals surface area contributed by atoms with Crippen molar-refractivity contribution in [3.8, 4) is 6.07 Å². The molecule has 1 fully saturated rings. The highest BCUT2D eigenvalue weighted by molar-refractivity contribution is 6.35. The molecule has 2 aliphatic rings. The van der Waals surface area contributed by atoms with Crippen molar-refractivity contribution in [2.75, 3.05) is 18.0 Å². The minimum Gasteiger partial charge on any atom is -0.369 e. The Labute approximate surface area is 258 Å². The largest absolute Gasteiger partial charge is 0.369 e. The van der Waals surface area contributed by atoms with Gasteiger partial charge in [0.25, 0.3) is 11.8 Å². The van der Waals surface area contributed by atoms with Crippen LogP contribution in [0.2, 0.25) is 10.0 Å². The maximum Gasteiger partial charge on any atom is 0.270 e. The fourth-order valence-corrected chi connectivity index (χ4v) is 6.25.